The molecule has 3 aromatic rings. The Morgan fingerprint density at radius 2 is 1.97 bits per heavy atom. The van der Waals surface area contributed by atoms with Crippen molar-refractivity contribution in [1.29, 1.82) is 0 Å². The summed E-state index contributed by atoms with van der Waals surface area (Å²) >= 11 is 6.24. The zero-order valence-corrected chi connectivity index (χ0v) is 21.6. The highest BCUT2D eigenvalue weighted by atomic mass is 35.5. The van der Waals surface area contributed by atoms with Gasteiger partial charge in [0.05, 0.1) is 12.4 Å². The zero-order valence-electron chi connectivity index (χ0n) is 20.8. The number of amides is 1. The van der Waals surface area contributed by atoms with Gasteiger partial charge in [-0.1, -0.05) is 18.2 Å². The molecule has 9 nitrogen and oxygen atoms in total. The van der Waals surface area contributed by atoms with E-state index in [2.05, 4.69) is 57.2 Å². The number of imidazole rings is 1. The van der Waals surface area contributed by atoms with Crippen molar-refractivity contribution in [3.8, 4) is 0 Å². The summed E-state index contributed by atoms with van der Waals surface area (Å²) in [5.74, 6) is 0.619. The number of benzene rings is 1. The molecular formula is C25H32ClN7O2. The third-order valence-corrected chi connectivity index (χ3v) is 6.74. The van der Waals surface area contributed by atoms with E-state index in [0.717, 1.165) is 24.2 Å². The van der Waals surface area contributed by atoms with Crippen LogP contribution in [0.5, 0.6) is 0 Å². The Bertz CT molecular complexity index is 1250. The number of para-hydroxylation sites is 1. The van der Waals surface area contributed by atoms with E-state index in [1.165, 1.54) is 5.69 Å². The monoisotopic (exact) mass is 497 g/mol. The number of ether oxygens (including phenoxy) is 1. The van der Waals surface area contributed by atoms with E-state index in [0.29, 0.717) is 24.4 Å². The van der Waals surface area contributed by atoms with Crippen LogP contribution in [-0.4, -0.2) is 61.3 Å². The number of rotatable bonds is 5. The normalized spacial score (nSPS) is 19.7. The van der Waals surface area contributed by atoms with Gasteiger partial charge in [-0.15, -0.1) is 0 Å². The second kappa shape index (κ2) is 8.86. The summed E-state index contributed by atoms with van der Waals surface area (Å²) in [6.07, 6.45) is 2.51. The van der Waals surface area contributed by atoms with Gasteiger partial charge in [0, 0.05) is 37.4 Å². The maximum absolute atomic E-state index is 12.6. The van der Waals surface area contributed by atoms with Gasteiger partial charge in [-0.25, -0.2) is 9.78 Å². The smallest absolute Gasteiger partial charge is 0.410 e. The summed E-state index contributed by atoms with van der Waals surface area (Å²) in [7, 11) is 0. The minimum atomic E-state index is -0.489. The summed E-state index contributed by atoms with van der Waals surface area (Å²) in [6.45, 7) is 11.9. The van der Waals surface area contributed by atoms with Crippen LogP contribution in [0.25, 0.3) is 11.2 Å². The number of hydrogen-bond acceptors (Lipinski definition) is 7. The predicted molar refractivity (Wildman–Crippen MR) is 137 cm³/mol. The van der Waals surface area contributed by atoms with Crippen molar-refractivity contribution in [2.45, 2.75) is 71.3 Å². The maximum Gasteiger partial charge on any atom is 0.410 e. The van der Waals surface area contributed by atoms with Crippen LogP contribution in [0.2, 0.25) is 5.28 Å². The molecule has 35 heavy (non-hydrogen) atoms. The van der Waals surface area contributed by atoms with Crippen LogP contribution < -0.4 is 10.2 Å². The lowest BCUT2D eigenvalue weighted by molar-refractivity contribution is 0.0214. The van der Waals surface area contributed by atoms with Crippen LogP contribution in [0.3, 0.4) is 0 Å². The van der Waals surface area contributed by atoms with Crippen LogP contribution in [-0.2, 0) is 11.3 Å². The molecule has 2 bridgehead atoms. The minimum absolute atomic E-state index is 0.163. The van der Waals surface area contributed by atoms with E-state index in [1.807, 2.05) is 36.3 Å². The number of fused-ring (bicyclic) bond motifs is 3. The molecule has 2 saturated heterocycles. The maximum atomic E-state index is 12.6. The van der Waals surface area contributed by atoms with Crippen molar-refractivity contribution in [2.75, 3.05) is 23.3 Å². The molecule has 1 aromatic carbocycles. The van der Waals surface area contributed by atoms with Crippen molar-refractivity contribution in [3.05, 3.63) is 41.4 Å². The molecule has 0 radical (unpaired) electrons. The fourth-order valence-electron chi connectivity index (χ4n) is 5.02. The van der Waals surface area contributed by atoms with Crippen LogP contribution in [0.1, 0.15) is 52.6 Å². The number of carbonyl (C=O) groups excluding carboxylic acids is 1. The molecular weight excluding hydrogens is 466 g/mol. The highest BCUT2D eigenvalue weighted by molar-refractivity contribution is 6.28. The van der Waals surface area contributed by atoms with E-state index in [1.54, 1.807) is 6.33 Å². The van der Waals surface area contributed by atoms with E-state index in [-0.39, 0.29) is 29.5 Å². The Balaban J connectivity index is 1.33. The highest BCUT2D eigenvalue weighted by Crippen LogP contribution is 2.37. The van der Waals surface area contributed by atoms with Crippen LogP contribution >= 0.6 is 11.6 Å². The largest absolute Gasteiger partial charge is 0.444 e. The van der Waals surface area contributed by atoms with Gasteiger partial charge in [-0.3, -0.25) is 0 Å². The standard InChI is InChI=1S/C25H32ClN7O2/c1-15(2)33-14-28-20-21(29-23(26)30-22(20)33)27-11-16-8-6-7-9-19(16)31-12-18-10-17(31)13-32(18)24(34)35-25(3,4)5/h6-9,14-15,17-18H,10-13H2,1-5H3,(H,27,29,30). The fraction of sp³-hybridized carbons (Fsp3) is 0.520. The molecule has 0 saturated carbocycles. The first kappa shape index (κ1) is 23.7. The molecule has 0 aliphatic carbocycles. The molecule has 1 amide bonds. The first-order chi connectivity index (χ1) is 16.6. The van der Waals surface area contributed by atoms with Gasteiger partial charge in [0.2, 0.25) is 5.28 Å². The summed E-state index contributed by atoms with van der Waals surface area (Å²) in [5.41, 5.74) is 3.25. The molecule has 1 N–H and O–H groups in total. The SMILES string of the molecule is CC(C)n1cnc2c(NCc3ccccc3N3CC4CC3CN4C(=O)OC(C)(C)C)nc(Cl)nc21. The summed E-state index contributed by atoms with van der Waals surface area (Å²) in [4.78, 5) is 30.3. The van der Waals surface area contributed by atoms with Crippen LogP contribution in [0.15, 0.2) is 30.6 Å². The third-order valence-electron chi connectivity index (χ3n) is 6.57. The number of nitrogens with zero attached hydrogens (tertiary/aromatic N) is 6. The number of piperazine rings is 1. The summed E-state index contributed by atoms with van der Waals surface area (Å²) in [6, 6.07) is 9.01. The fourth-order valence-corrected chi connectivity index (χ4v) is 5.18. The van der Waals surface area contributed by atoms with E-state index in [4.69, 9.17) is 16.3 Å². The Hall–Kier alpha value is -3.07. The third kappa shape index (κ3) is 4.61. The quantitative estimate of drug-likeness (QED) is 0.503. The van der Waals surface area contributed by atoms with Gasteiger partial charge < -0.3 is 24.4 Å². The van der Waals surface area contributed by atoms with Crippen molar-refractivity contribution in [1.82, 2.24) is 24.4 Å². The molecule has 5 rings (SSSR count). The molecule has 2 fully saturated rings. The topological polar surface area (TPSA) is 88.4 Å². The van der Waals surface area contributed by atoms with Crippen molar-refractivity contribution < 1.29 is 9.53 Å². The van der Waals surface area contributed by atoms with Gasteiger partial charge >= 0.3 is 6.09 Å². The van der Waals surface area contributed by atoms with Crippen molar-refractivity contribution in [3.63, 3.8) is 0 Å². The number of anilines is 2. The van der Waals surface area contributed by atoms with Crippen LogP contribution in [0, 0.1) is 0 Å². The van der Waals surface area contributed by atoms with Crippen molar-refractivity contribution >= 4 is 40.4 Å². The summed E-state index contributed by atoms with van der Waals surface area (Å²) < 4.78 is 7.60. The average molecular weight is 498 g/mol. The summed E-state index contributed by atoms with van der Waals surface area (Å²) in [5, 5.41) is 3.62. The number of halogens is 1. The molecule has 2 aromatic heterocycles. The molecule has 2 unspecified atom stereocenters. The zero-order chi connectivity index (χ0) is 24.9. The lowest BCUT2D eigenvalue weighted by Gasteiger charge is -2.37. The first-order valence-electron chi connectivity index (χ1n) is 12.1. The molecule has 2 aliphatic heterocycles. The second-order valence-corrected chi connectivity index (χ2v) is 10.9. The number of hydrogen-bond donors (Lipinski definition) is 1. The molecule has 186 valence electrons. The molecule has 4 heterocycles. The predicted octanol–water partition coefficient (Wildman–Crippen LogP) is 4.87. The lowest BCUT2D eigenvalue weighted by Crippen LogP contribution is -2.50. The van der Waals surface area contributed by atoms with Gasteiger partial charge in [-0.2, -0.15) is 9.97 Å². The number of carbonyl (C=O) groups is 1. The lowest BCUT2D eigenvalue weighted by atomic mass is 10.1. The van der Waals surface area contributed by atoms with Crippen LogP contribution in [0.4, 0.5) is 16.3 Å². The number of nitrogens with one attached hydrogen (secondary N) is 1. The Morgan fingerprint density at radius 3 is 2.66 bits per heavy atom. The highest BCUT2D eigenvalue weighted by Gasteiger charge is 2.46. The molecule has 2 atom stereocenters. The Labute approximate surface area is 210 Å². The van der Waals surface area contributed by atoms with Gasteiger partial charge in [0.1, 0.15) is 5.60 Å². The first-order valence-corrected chi connectivity index (χ1v) is 12.5. The molecule has 2 aliphatic rings. The van der Waals surface area contributed by atoms with Gasteiger partial charge in [-0.05, 0) is 64.3 Å². The Morgan fingerprint density at radius 1 is 1.20 bits per heavy atom. The Kier molecular flexibility index (Phi) is 5.99. The van der Waals surface area contributed by atoms with E-state index >= 15 is 0 Å². The van der Waals surface area contributed by atoms with Crippen molar-refractivity contribution in [2.24, 2.45) is 0 Å². The number of aromatic nitrogens is 4. The van der Waals surface area contributed by atoms with E-state index in [9.17, 15) is 4.79 Å². The molecule has 10 heteroatoms. The second-order valence-electron chi connectivity index (χ2n) is 10.6. The molecule has 0 spiro atoms. The van der Waals surface area contributed by atoms with Gasteiger partial charge in [0.25, 0.3) is 0 Å². The minimum Gasteiger partial charge on any atom is -0.444 e. The number of likely N-dealkylation sites (tertiary alicyclic amines) is 1. The average Bonchev–Trinajstić information content (AvgIpc) is 3.50. The van der Waals surface area contributed by atoms with Gasteiger partial charge in [0.15, 0.2) is 17.0 Å². The van der Waals surface area contributed by atoms with E-state index < -0.39 is 5.60 Å².